The summed E-state index contributed by atoms with van der Waals surface area (Å²) < 4.78 is 0. The molecule has 2 aliphatic heterocycles. The fourth-order valence-electron chi connectivity index (χ4n) is 2.44. The number of carbonyl (C=O) groups is 2. The second-order valence-electron chi connectivity index (χ2n) is 4.59. The van der Waals surface area contributed by atoms with Gasteiger partial charge in [0.25, 0.3) is 0 Å². The highest BCUT2D eigenvalue weighted by atomic mass is 35.5. The normalized spacial score (nSPS) is 29.2. The van der Waals surface area contributed by atoms with Gasteiger partial charge in [-0.2, -0.15) is 0 Å². The van der Waals surface area contributed by atoms with E-state index in [1.165, 1.54) is 13.0 Å². The van der Waals surface area contributed by atoms with Crippen LogP contribution in [0.25, 0.3) is 0 Å². The molecule has 0 spiro atoms. The Morgan fingerprint density at radius 1 is 1.26 bits per heavy atom. The molecule has 2 N–H and O–H groups in total. The monoisotopic (exact) mass is 292 g/mol. The minimum atomic E-state index is -1.82. The first-order chi connectivity index (χ1) is 8.91. The first kappa shape index (κ1) is 15.7. The molecule has 2 atom stereocenters. The molecule has 0 aromatic rings. The Balaban J connectivity index is 0.000000258. The van der Waals surface area contributed by atoms with Crippen molar-refractivity contribution in [2.75, 3.05) is 26.7 Å². The molecule has 2 aliphatic rings. The van der Waals surface area contributed by atoms with Gasteiger partial charge in [0.1, 0.15) is 7.11 Å². The van der Waals surface area contributed by atoms with E-state index in [1.807, 2.05) is 0 Å². The van der Waals surface area contributed by atoms with Crippen molar-refractivity contribution in [3.8, 4) is 0 Å². The lowest BCUT2D eigenvalue weighted by Crippen LogP contribution is -2.37. The van der Waals surface area contributed by atoms with E-state index in [0.29, 0.717) is 5.17 Å². The van der Waals surface area contributed by atoms with E-state index < -0.39 is 11.9 Å². The predicted octanol–water partition coefficient (Wildman–Crippen LogP) is 0.827. The third-order valence-corrected chi connectivity index (χ3v) is 3.82. The van der Waals surface area contributed by atoms with Crippen LogP contribution in [0.15, 0.2) is 5.16 Å². The lowest BCUT2D eigenvalue weighted by Gasteiger charge is -2.31. The maximum Gasteiger partial charge on any atom is 0.414 e. The number of halogens is 1. The van der Waals surface area contributed by atoms with E-state index in [4.69, 9.17) is 36.2 Å². The van der Waals surface area contributed by atoms with Crippen LogP contribution in [0.3, 0.4) is 0 Å². The minimum Gasteiger partial charge on any atom is -0.473 e. The van der Waals surface area contributed by atoms with E-state index in [-0.39, 0.29) is 5.41 Å². The fourth-order valence-corrected chi connectivity index (χ4v) is 2.76. The second-order valence-corrected chi connectivity index (χ2v) is 4.94. The maximum absolute atomic E-state index is 9.10. The van der Waals surface area contributed by atoms with E-state index in [2.05, 4.69) is 10.1 Å². The Bertz CT molecular complexity index is 371. The molecule has 0 aromatic carbocycles. The predicted molar refractivity (Wildman–Crippen MR) is 68.3 cm³/mol. The van der Waals surface area contributed by atoms with Crippen molar-refractivity contribution in [3.05, 3.63) is 0 Å². The van der Waals surface area contributed by atoms with Crippen LogP contribution >= 0.6 is 11.6 Å². The highest BCUT2D eigenvalue weighted by Gasteiger charge is 2.44. The summed E-state index contributed by atoms with van der Waals surface area (Å²) in [6, 6.07) is 0. The summed E-state index contributed by atoms with van der Waals surface area (Å²) in [5.41, 5.74) is 0.121. The summed E-state index contributed by atoms with van der Waals surface area (Å²) >= 11 is 6.14. The number of piperidine rings is 1. The molecule has 2 bridgehead atoms. The topological polar surface area (TPSA) is 99.4 Å². The number of carboxylic acid groups (broad SMARTS) is 2. The quantitative estimate of drug-likeness (QED) is 0.444. The highest BCUT2D eigenvalue weighted by Crippen LogP contribution is 2.41. The van der Waals surface area contributed by atoms with Crippen LogP contribution < -0.4 is 0 Å². The molecule has 2 rings (SSSR count). The summed E-state index contributed by atoms with van der Waals surface area (Å²) in [5.74, 6) is -3.65. The molecule has 0 aromatic heterocycles. The molecule has 0 saturated carbocycles. The smallest absolute Gasteiger partial charge is 0.414 e. The van der Waals surface area contributed by atoms with Gasteiger partial charge in [0.05, 0.1) is 0 Å². The molecule has 2 saturated heterocycles. The summed E-state index contributed by atoms with van der Waals surface area (Å²) in [4.78, 5) is 25.4. The number of hydrogen-bond acceptors (Lipinski definition) is 5. The maximum atomic E-state index is 9.10. The highest BCUT2D eigenvalue weighted by molar-refractivity contribution is 6.66. The zero-order valence-corrected chi connectivity index (χ0v) is 11.4. The van der Waals surface area contributed by atoms with Crippen LogP contribution in [0.5, 0.6) is 0 Å². The van der Waals surface area contributed by atoms with Crippen LogP contribution in [0.2, 0.25) is 0 Å². The first-order valence-corrected chi connectivity index (χ1v) is 6.25. The number of fused-ring (bicyclic) bond motifs is 2. The molecule has 108 valence electrons. The standard InChI is InChI=1S/C9H15ClN2O.C2H2O4/c1-13-11-8(10)9-3-2-5-12(7-9)6-4-9;3-1(4)2(5)6/h2-7H2,1H3;(H,3,4)(H,5,6). The Morgan fingerprint density at radius 3 is 2.42 bits per heavy atom. The van der Waals surface area contributed by atoms with Gasteiger partial charge < -0.3 is 20.0 Å². The molecular formula is C11H17ClN2O5. The Morgan fingerprint density at radius 2 is 1.89 bits per heavy atom. The van der Waals surface area contributed by atoms with E-state index in [9.17, 15) is 0 Å². The average molecular weight is 293 g/mol. The SMILES string of the molecule is CON=C(Cl)C12CCCN(CC1)C2.O=C(O)C(=O)O. The van der Waals surface area contributed by atoms with Crippen molar-refractivity contribution in [1.29, 1.82) is 0 Å². The van der Waals surface area contributed by atoms with Crippen LogP contribution in [0.1, 0.15) is 19.3 Å². The summed E-state index contributed by atoms with van der Waals surface area (Å²) in [5, 5.41) is 19.3. The van der Waals surface area contributed by atoms with Crippen molar-refractivity contribution in [2.45, 2.75) is 19.3 Å². The van der Waals surface area contributed by atoms with Crippen LogP contribution in [-0.2, 0) is 14.4 Å². The summed E-state index contributed by atoms with van der Waals surface area (Å²) in [6.07, 6.45) is 3.53. The molecular weight excluding hydrogens is 276 g/mol. The second kappa shape index (κ2) is 6.72. The van der Waals surface area contributed by atoms with Gasteiger partial charge in [0.15, 0.2) is 5.17 Å². The van der Waals surface area contributed by atoms with Crippen molar-refractivity contribution in [3.63, 3.8) is 0 Å². The summed E-state index contributed by atoms with van der Waals surface area (Å²) in [7, 11) is 1.55. The Labute approximate surface area is 115 Å². The van der Waals surface area contributed by atoms with Gasteiger partial charge in [-0.3, -0.25) is 0 Å². The lowest BCUT2D eigenvalue weighted by atomic mass is 9.82. The minimum absolute atomic E-state index is 0.121. The van der Waals surface area contributed by atoms with Gasteiger partial charge in [0.2, 0.25) is 0 Å². The first-order valence-electron chi connectivity index (χ1n) is 5.87. The number of rotatable bonds is 2. The molecule has 7 nitrogen and oxygen atoms in total. The zero-order chi connectivity index (χ0) is 14.5. The Kier molecular flexibility index (Phi) is 5.56. The number of carboxylic acids is 2. The van der Waals surface area contributed by atoms with Gasteiger partial charge in [-0.1, -0.05) is 16.8 Å². The third kappa shape index (κ3) is 4.07. The van der Waals surface area contributed by atoms with E-state index in [1.54, 1.807) is 7.11 Å². The number of aliphatic carboxylic acids is 2. The third-order valence-electron chi connectivity index (χ3n) is 3.35. The fraction of sp³-hybridized carbons (Fsp3) is 0.727. The van der Waals surface area contributed by atoms with Crippen molar-refractivity contribution >= 4 is 28.7 Å². The van der Waals surface area contributed by atoms with Crippen LogP contribution in [-0.4, -0.2) is 59.0 Å². The van der Waals surface area contributed by atoms with Gasteiger partial charge >= 0.3 is 11.9 Å². The summed E-state index contributed by atoms with van der Waals surface area (Å²) in [6.45, 7) is 3.45. The van der Waals surface area contributed by atoms with Crippen molar-refractivity contribution < 1.29 is 24.6 Å². The molecule has 19 heavy (non-hydrogen) atoms. The van der Waals surface area contributed by atoms with Crippen LogP contribution in [0, 0.1) is 5.41 Å². The lowest BCUT2D eigenvalue weighted by molar-refractivity contribution is -0.159. The molecule has 0 radical (unpaired) electrons. The van der Waals surface area contributed by atoms with Gasteiger partial charge in [0, 0.05) is 12.0 Å². The van der Waals surface area contributed by atoms with Crippen LogP contribution in [0.4, 0.5) is 0 Å². The van der Waals surface area contributed by atoms with Gasteiger partial charge in [-0.25, -0.2) is 9.59 Å². The zero-order valence-electron chi connectivity index (χ0n) is 10.6. The van der Waals surface area contributed by atoms with E-state index >= 15 is 0 Å². The molecule has 0 aliphatic carbocycles. The molecule has 2 fully saturated rings. The molecule has 0 amide bonds. The van der Waals surface area contributed by atoms with Gasteiger partial charge in [-0.05, 0) is 32.4 Å². The molecule has 8 heteroatoms. The van der Waals surface area contributed by atoms with Gasteiger partial charge in [-0.15, -0.1) is 0 Å². The Hall–Kier alpha value is -1.34. The van der Waals surface area contributed by atoms with Crippen molar-refractivity contribution in [1.82, 2.24) is 4.90 Å². The number of hydrogen-bond donors (Lipinski definition) is 2. The molecule has 2 unspecified atom stereocenters. The van der Waals surface area contributed by atoms with E-state index in [0.717, 1.165) is 25.9 Å². The van der Waals surface area contributed by atoms with Crippen molar-refractivity contribution in [2.24, 2.45) is 10.6 Å². The largest absolute Gasteiger partial charge is 0.473 e. The number of nitrogens with zero attached hydrogens (tertiary/aromatic N) is 2. The number of oxime groups is 1. The molecule has 2 heterocycles. The average Bonchev–Trinajstić information content (AvgIpc) is 2.67.